The van der Waals surface area contributed by atoms with E-state index in [2.05, 4.69) is 31.9 Å². The predicted octanol–water partition coefficient (Wildman–Crippen LogP) is 2.63. The van der Waals surface area contributed by atoms with Gasteiger partial charge in [-0.3, -0.25) is 10.1 Å². The molecule has 5 nitrogen and oxygen atoms in total. The highest BCUT2D eigenvalue weighted by Crippen LogP contribution is 2.36. The van der Waals surface area contributed by atoms with E-state index < -0.39 is 22.5 Å². The van der Waals surface area contributed by atoms with Gasteiger partial charge in [-0.25, -0.2) is 4.39 Å². The molecule has 0 bridgehead atoms. The van der Waals surface area contributed by atoms with E-state index in [0.717, 1.165) is 12.1 Å². The Bertz CT molecular complexity index is 430. The lowest BCUT2D eigenvalue weighted by Crippen LogP contribution is -2.19. The molecule has 1 rings (SSSR count). The molecule has 0 aliphatic heterocycles. The zero-order valence-corrected chi connectivity index (χ0v) is 11.6. The van der Waals surface area contributed by atoms with Crippen LogP contribution in [0.25, 0.3) is 0 Å². The van der Waals surface area contributed by atoms with Crippen LogP contribution in [0.2, 0.25) is 0 Å². The molecule has 0 fully saturated rings. The quantitative estimate of drug-likeness (QED) is 0.490. The largest absolute Gasteiger partial charge is 0.483 e. The molecule has 1 N–H and O–H groups in total. The number of ether oxygens (including phenoxy) is 1. The molecule has 0 aromatic heterocycles. The second kappa shape index (κ2) is 6.27. The average Bonchev–Trinajstić information content (AvgIpc) is 2.26. The monoisotopic (exact) mass is 371 g/mol. The van der Waals surface area contributed by atoms with Crippen molar-refractivity contribution in [2.75, 3.05) is 11.9 Å². The normalized spacial score (nSPS) is 12.2. The number of nitro benzene ring substituents is 1. The minimum atomic E-state index is -0.799. The van der Waals surface area contributed by atoms with Gasteiger partial charge in [-0.1, -0.05) is 15.9 Å². The fourth-order valence-corrected chi connectivity index (χ4v) is 1.77. The van der Waals surface area contributed by atoms with Crippen LogP contribution in [0.4, 0.5) is 10.1 Å². The van der Waals surface area contributed by atoms with Gasteiger partial charge in [0.15, 0.2) is 0 Å². The van der Waals surface area contributed by atoms with Gasteiger partial charge in [0.2, 0.25) is 5.75 Å². The molecule has 0 radical (unpaired) electrons. The number of aliphatic hydroxyl groups is 1. The smallest absolute Gasteiger partial charge is 0.315 e. The van der Waals surface area contributed by atoms with Crippen LogP contribution in [0.1, 0.15) is 0 Å². The zero-order chi connectivity index (χ0) is 13.0. The van der Waals surface area contributed by atoms with E-state index in [1.165, 1.54) is 0 Å². The summed E-state index contributed by atoms with van der Waals surface area (Å²) in [6.45, 7) is -0.129. The van der Waals surface area contributed by atoms with Gasteiger partial charge in [-0.05, 0) is 22.0 Å². The van der Waals surface area contributed by atoms with Crippen LogP contribution in [0.5, 0.6) is 5.75 Å². The SMILES string of the molecule is O=[N+]([O-])c1cc(F)cc(Br)c1OCC(O)CBr. The lowest BCUT2D eigenvalue weighted by Gasteiger charge is -2.11. The van der Waals surface area contributed by atoms with Gasteiger partial charge in [0, 0.05) is 5.33 Å². The van der Waals surface area contributed by atoms with Gasteiger partial charge in [-0.2, -0.15) is 0 Å². The third kappa shape index (κ3) is 3.90. The highest BCUT2D eigenvalue weighted by atomic mass is 79.9. The summed E-state index contributed by atoms with van der Waals surface area (Å²) in [7, 11) is 0. The summed E-state index contributed by atoms with van der Waals surface area (Å²) in [4.78, 5) is 9.96. The van der Waals surface area contributed by atoms with Crippen LogP contribution in [-0.2, 0) is 0 Å². The van der Waals surface area contributed by atoms with Crippen LogP contribution in [0, 0.1) is 15.9 Å². The summed E-state index contributed by atoms with van der Waals surface area (Å²) in [6, 6.07) is 1.82. The number of nitro groups is 1. The molecule has 1 unspecified atom stereocenters. The number of halogens is 3. The van der Waals surface area contributed by atoms with Crippen molar-refractivity contribution in [2.45, 2.75) is 6.10 Å². The van der Waals surface area contributed by atoms with Crippen molar-refractivity contribution < 1.29 is 19.2 Å². The Morgan fingerprint density at radius 1 is 1.59 bits per heavy atom. The fraction of sp³-hybridized carbons (Fsp3) is 0.333. The maximum atomic E-state index is 13.0. The molecular weight excluding hydrogens is 365 g/mol. The second-order valence-corrected chi connectivity index (χ2v) is 4.61. The first kappa shape index (κ1) is 14.3. The molecule has 0 aliphatic rings. The third-order valence-electron chi connectivity index (χ3n) is 1.78. The van der Waals surface area contributed by atoms with E-state index in [-0.39, 0.29) is 22.2 Å². The van der Waals surface area contributed by atoms with E-state index in [1.54, 1.807) is 0 Å². The molecule has 17 heavy (non-hydrogen) atoms. The van der Waals surface area contributed by atoms with Gasteiger partial charge >= 0.3 is 5.69 Å². The van der Waals surface area contributed by atoms with E-state index in [0.29, 0.717) is 0 Å². The zero-order valence-electron chi connectivity index (χ0n) is 8.40. The summed E-state index contributed by atoms with van der Waals surface area (Å²) in [6.07, 6.45) is -0.799. The van der Waals surface area contributed by atoms with Crippen LogP contribution >= 0.6 is 31.9 Å². The Morgan fingerprint density at radius 3 is 2.76 bits per heavy atom. The van der Waals surface area contributed by atoms with E-state index in [9.17, 15) is 19.6 Å². The molecule has 0 amide bonds. The minimum absolute atomic E-state index is 0.101. The number of aliphatic hydroxyl groups excluding tert-OH is 1. The highest BCUT2D eigenvalue weighted by molar-refractivity contribution is 9.10. The van der Waals surface area contributed by atoms with Gasteiger partial charge in [0.25, 0.3) is 0 Å². The number of nitrogens with zero attached hydrogens (tertiary/aromatic N) is 1. The molecule has 0 aliphatic carbocycles. The average molecular weight is 373 g/mol. The lowest BCUT2D eigenvalue weighted by molar-refractivity contribution is -0.386. The van der Waals surface area contributed by atoms with Crippen molar-refractivity contribution in [3.63, 3.8) is 0 Å². The first-order valence-corrected chi connectivity index (χ1v) is 6.37. The Labute approximate surface area is 113 Å². The second-order valence-electron chi connectivity index (χ2n) is 3.11. The number of alkyl halides is 1. The molecule has 0 spiro atoms. The van der Waals surface area contributed by atoms with E-state index in [4.69, 9.17) is 4.74 Å². The Hall–Kier alpha value is -0.730. The molecule has 0 heterocycles. The Morgan fingerprint density at radius 2 is 2.24 bits per heavy atom. The molecule has 0 saturated heterocycles. The van der Waals surface area contributed by atoms with Crippen molar-refractivity contribution in [1.82, 2.24) is 0 Å². The van der Waals surface area contributed by atoms with Gasteiger partial charge in [0.05, 0.1) is 21.6 Å². The standard InChI is InChI=1S/C9H8Br2FNO4/c10-3-6(14)4-17-9-7(11)1-5(12)2-8(9)13(15)16/h1-2,6,14H,3-4H2. The summed E-state index contributed by atoms with van der Waals surface area (Å²) >= 11 is 6.01. The van der Waals surface area contributed by atoms with Crippen molar-refractivity contribution in [1.29, 1.82) is 0 Å². The predicted molar refractivity (Wildman–Crippen MR) is 66.1 cm³/mol. The van der Waals surface area contributed by atoms with Crippen LogP contribution < -0.4 is 4.74 Å². The summed E-state index contributed by atoms with van der Waals surface area (Å²) in [5.41, 5.74) is -0.487. The van der Waals surface area contributed by atoms with E-state index >= 15 is 0 Å². The maximum Gasteiger partial charge on any atom is 0.315 e. The molecule has 1 aromatic rings. The van der Waals surface area contributed by atoms with Crippen LogP contribution in [0.15, 0.2) is 16.6 Å². The van der Waals surface area contributed by atoms with Crippen molar-refractivity contribution >= 4 is 37.5 Å². The van der Waals surface area contributed by atoms with Crippen molar-refractivity contribution in [3.8, 4) is 5.75 Å². The number of rotatable bonds is 5. The summed E-state index contributed by atoms with van der Waals surface area (Å²) < 4.78 is 18.2. The molecule has 1 aromatic carbocycles. The molecule has 1 atom stereocenters. The fourth-order valence-electron chi connectivity index (χ4n) is 1.05. The van der Waals surface area contributed by atoms with E-state index in [1.807, 2.05) is 0 Å². The molecule has 8 heteroatoms. The maximum absolute atomic E-state index is 13.0. The van der Waals surface area contributed by atoms with Crippen molar-refractivity contribution in [2.24, 2.45) is 0 Å². The summed E-state index contributed by atoms with van der Waals surface area (Å²) in [5.74, 6) is -0.839. The highest BCUT2D eigenvalue weighted by Gasteiger charge is 2.21. The molecule has 0 saturated carbocycles. The first-order chi connectivity index (χ1) is 7.95. The van der Waals surface area contributed by atoms with Crippen molar-refractivity contribution in [3.05, 3.63) is 32.5 Å². The Kier molecular flexibility index (Phi) is 5.29. The molecule has 94 valence electrons. The number of benzene rings is 1. The minimum Gasteiger partial charge on any atom is -0.483 e. The van der Waals surface area contributed by atoms with Crippen LogP contribution in [-0.4, -0.2) is 28.1 Å². The molecular formula is C9H8Br2FNO4. The topological polar surface area (TPSA) is 72.6 Å². The number of hydrogen-bond acceptors (Lipinski definition) is 4. The number of hydrogen-bond donors (Lipinski definition) is 1. The van der Waals surface area contributed by atoms with Gasteiger partial charge in [-0.15, -0.1) is 0 Å². The first-order valence-electron chi connectivity index (χ1n) is 4.46. The van der Waals surface area contributed by atoms with Gasteiger partial charge < -0.3 is 9.84 Å². The summed E-state index contributed by atoms with van der Waals surface area (Å²) in [5, 5.41) is 20.2. The van der Waals surface area contributed by atoms with Gasteiger partial charge in [0.1, 0.15) is 12.4 Å². The Balaban J connectivity index is 3.00. The van der Waals surface area contributed by atoms with Crippen LogP contribution in [0.3, 0.4) is 0 Å². The lowest BCUT2D eigenvalue weighted by atomic mass is 10.3. The third-order valence-corrected chi connectivity index (χ3v) is 3.12.